The van der Waals surface area contributed by atoms with E-state index in [1.807, 2.05) is 13.8 Å². The van der Waals surface area contributed by atoms with Crippen LogP contribution in [-0.2, 0) is 0 Å². The van der Waals surface area contributed by atoms with Crippen molar-refractivity contribution in [2.45, 2.75) is 20.8 Å². The predicted octanol–water partition coefficient (Wildman–Crippen LogP) is 2.10. The molecule has 1 atom stereocenters. The molecule has 0 spiro atoms. The van der Waals surface area contributed by atoms with Crippen LogP contribution in [0.5, 0.6) is 5.88 Å². The standard InChI is InChI=1S/C14H19N3O2/c1-4-17(10-11(3)9-15)14(18)12-7-6-8-16-13(12)19-5-2/h6-8,11H,4-5,10H2,1-3H3. The molecule has 1 unspecified atom stereocenters. The molecule has 0 saturated heterocycles. The molecule has 0 aliphatic heterocycles. The summed E-state index contributed by atoms with van der Waals surface area (Å²) in [5, 5.41) is 8.85. The number of amides is 1. The third-order valence-electron chi connectivity index (χ3n) is 2.67. The van der Waals surface area contributed by atoms with Gasteiger partial charge in [-0.25, -0.2) is 4.98 Å². The Bertz CT molecular complexity index is 468. The van der Waals surface area contributed by atoms with E-state index in [2.05, 4.69) is 11.1 Å². The number of nitriles is 1. The fraction of sp³-hybridized carbons (Fsp3) is 0.500. The Morgan fingerprint density at radius 3 is 2.89 bits per heavy atom. The smallest absolute Gasteiger partial charge is 0.259 e. The highest BCUT2D eigenvalue weighted by molar-refractivity contribution is 5.96. The quantitative estimate of drug-likeness (QED) is 0.786. The van der Waals surface area contributed by atoms with Crippen molar-refractivity contribution < 1.29 is 9.53 Å². The summed E-state index contributed by atoms with van der Waals surface area (Å²) in [7, 11) is 0. The van der Waals surface area contributed by atoms with Gasteiger partial charge in [0.25, 0.3) is 5.91 Å². The minimum Gasteiger partial charge on any atom is -0.477 e. The monoisotopic (exact) mass is 261 g/mol. The maximum Gasteiger partial charge on any atom is 0.259 e. The first kappa shape index (κ1) is 15.0. The average molecular weight is 261 g/mol. The van der Waals surface area contributed by atoms with Crippen molar-refractivity contribution in [1.29, 1.82) is 5.26 Å². The number of hydrogen-bond donors (Lipinski definition) is 0. The van der Waals surface area contributed by atoms with Crippen LogP contribution in [-0.4, -0.2) is 35.5 Å². The Balaban J connectivity index is 2.94. The molecule has 1 amide bonds. The third kappa shape index (κ3) is 3.95. The molecule has 0 fully saturated rings. The van der Waals surface area contributed by atoms with Crippen molar-refractivity contribution in [2.75, 3.05) is 19.7 Å². The van der Waals surface area contributed by atoms with Gasteiger partial charge in [-0.1, -0.05) is 0 Å². The van der Waals surface area contributed by atoms with E-state index in [4.69, 9.17) is 10.00 Å². The Morgan fingerprint density at radius 2 is 2.32 bits per heavy atom. The molecule has 1 rings (SSSR count). The molecule has 102 valence electrons. The van der Waals surface area contributed by atoms with E-state index in [-0.39, 0.29) is 11.8 Å². The van der Waals surface area contributed by atoms with Crippen LogP contribution < -0.4 is 4.74 Å². The van der Waals surface area contributed by atoms with Crippen LogP contribution in [0.4, 0.5) is 0 Å². The first-order valence-corrected chi connectivity index (χ1v) is 6.40. The maximum atomic E-state index is 12.4. The highest BCUT2D eigenvalue weighted by Crippen LogP contribution is 2.17. The van der Waals surface area contributed by atoms with E-state index >= 15 is 0 Å². The zero-order valence-electron chi connectivity index (χ0n) is 11.6. The van der Waals surface area contributed by atoms with E-state index in [0.717, 1.165) is 0 Å². The minimum atomic E-state index is -0.198. The van der Waals surface area contributed by atoms with Gasteiger partial charge in [0.05, 0.1) is 18.6 Å². The lowest BCUT2D eigenvalue weighted by atomic mass is 10.1. The molecule has 0 aliphatic rings. The van der Waals surface area contributed by atoms with Crippen LogP contribution in [0.15, 0.2) is 18.3 Å². The molecule has 0 aromatic carbocycles. The Kier molecular flexibility index (Phi) is 5.80. The van der Waals surface area contributed by atoms with Gasteiger partial charge < -0.3 is 9.64 Å². The van der Waals surface area contributed by atoms with Crippen molar-refractivity contribution in [2.24, 2.45) is 5.92 Å². The summed E-state index contributed by atoms with van der Waals surface area (Å²) in [5.74, 6) is -0.00433. The molecule has 1 aromatic rings. The van der Waals surface area contributed by atoms with E-state index < -0.39 is 0 Å². The number of ether oxygens (including phenoxy) is 1. The molecule has 0 N–H and O–H groups in total. The molecule has 0 aliphatic carbocycles. The van der Waals surface area contributed by atoms with Crippen molar-refractivity contribution in [3.63, 3.8) is 0 Å². The molecule has 1 aromatic heterocycles. The van der Waals surface area contributed by atoms with Gasteiger partial charge in [-0.2, -0.15) is 5.26 Å². The fourth-order valence-corrected chi connectivity index (χ4v) is 1.70. The van der Waals surface area contributed by atoms with Gasteiger partial charge in [-0.05, 0) is 32.9 Å². The van der Waals surface area contributed by atoms with Gasteiger partial charge in [-0.15, -0.1) is 0 Å². The number of carbonyl (C=O) groups is 1. The normalized spacial score (nSPS) is 11.5. The summed E-state index contributed by atoms with van der Waals surface area (Å²) in [6.45, 7) is 6.94. The van der Waals surface area contributed by atoms with Crippen molar-refractivity contribution in [3.8, 4) is 11.9 Å². The van der Waals surface area contributed by atoms with Gasteiger partial charge in [-0.3, -0.25) is 4.79 Å². The van der Waals surface area contributed by atoms with E-state index in [1.54, 1.807) is 30.2 Å². The topological polar surface area (TPSA) is 66.2 Å². The summed E-state index contributed by atoms with van der Waals surface area (Å²) in [6, 6.07) is 5.54. The predicted molar refractivity (Wildman–Crippen MR) is 71.8 cm³/mol. The summed E-state index contributed by atoms with van der Waals surface area (Å²) in [6.07, 6.45) is 1.59. The first-order chi connectivity index (χ1) is 9.13. The molecule has 0 saturated carbocycles. The third-order valence-corrected chi connectivity index (χ3v) is 2.67. The summed E-state index contributed by atoms with van der Waals surface area (Å²) in [5.41, 5.74) is 0.441. The van der Waals surface area contributed by atoms with Crippen LogP contribution >= 0.6 is 0 Å². The zero-order chi connectivity index (χ0) is 14.3. The molecule has 0 radical (unpaired) electrons. The van der Waals surface area contributed by atoms with Crippen molar-refractivity contribution in [1.82, 2.24) is 9.88 Å². The van der Waals surface area contributed by atoms with Crippen LogP contribution in [0, 0.1) is 17.2 Å². The second-order valence-corrected chi connectivity index (χ2v) is 4.16. The number of carbonyl (C=O) groups excluding carboxylic acids is 1. The lowest BCUT2D eigenvalue weighted by molar-refractivity contribution is 0.0747. The van der Waals surface area contributed by atoms with Gasteiger partial charge in [0.2, 0.25) is 5.88 Å². The van der Waals surface area contributed by atoms with Crippen LogP contribution in [0.2, 0.25) is 0 Å². The Hall–Kier alpha value is -2.09. The summed E-state index contributed by atoms with van der Waals surface area (Å²) < 4.78 is 5.36. The number of rotatable bonds is 6. The molecule has 5 heteroatoms. The zero-order valence-corrected chi connectivity index (χ0v) is 11.6. The highest BCUT2D eigenvalue weighted by atomic mass is 16.5. The molecule has 19 heavy (non-hydrogen) atoms. The number of nitrogens with zero attached hydrogens (tertiary/aromatic N) is 3. The minimum absolute atomic E-state index is 0.152. The fourth-order valence-electron chi connectivity index (χ4n) is 1.70. The first-order valence-electron chi connectivity index (χ1n) is 6.40. The van der Waals surface area contributed by atoms with Gasteiger partial charge in [0, 0.05) is 19.3 Å². The lowest BCUT2D eigenvalue weighted by Gasteiger charge is -2.22. The van der Waals surface area contributed by atoms with Crippen LogP contribution in [0.3, 0.4) is 0 Å². The molecule has 1 heterocycles. The van der Waals surface area contributed by atoms with Gasteiger partial charge >= 0.3 is 0 Å². The molecule has 5 nitrogen and oxygen atoms in total. The largest absolute Gasteiger partial charge is 0.477 e. The lowest BCUT2D eigenvalue weighted by Crippen LogP contribution is -2.34. The van der Waals surface area contributed by atoms with Gasteiger partial charge in [0.15, 0.2) is 0 Å². The van der Waals surface area contributed by atoms with Crippen LogP contribution in [0.25, 0.3) is 0 Å². The van der Waals surface area contributed by atoms with Crippen molar-refractivity contribution >= 4 is 5.91 Å². The van der Waals surface area contributed by atoms with Crippen molar-refractivity contribution in [3.05, 3.63) is 23.9 Å². The number of hydrogen-bond acceptors (Lipinski definition) is 4. The Labute approximate surface area is 113 Å². The summed E-state index contributed by atoms with van der Waals surface area (Å²) >= 11 is 0. The molecular formula is C14H19N3O2. The molecule has 0 bridgehead atoms. The maximum absolute atomic E-state index is 12.4. The molecular weight excluding hydrogens is 242 g/mol. The van der Waals surface area contributed by atoms with E-state index in [9.17, 15) is 4.79 Å². The second kappa shape index (κ2) is 7.37. The Morgan fingerprint density at radius 1 is 1.58 bits per heavy atom. The van der Waals surface area contributed by atoms with Gasteiger partial charge in [0.1, 0.15) is 5.56 Å². The van der Waals surface area contributed by atoms with Crippen LogP contribution in [0.1, 0.15) is 31.1 Å². The SMILES string of the molecule is CCOc1ncccc1C(=O)N(CC)CC(C)C#N. The second-order valence-electron chi connectivity index (χ2n) is 4.16. The van der Waals surface area contributed by atoms with E-state index in [0.29, 0.717) is 31.1 Å². The summed E-state index contributed by atoms with van der Waals surface area (Å²) in [4.78, 5) is 18.1. The number of pyridine rings is 1. The van der Waals surface area contributed by atoms with E-state index in [1.165, 1.54) is 0 Å². The number of aromatic nitrogens is 1. The average Bonchev–Trinajstić information content (AvgIpc) is 2.44. The highest BCUT2D eigenvalue weighted by Gasteiger charge is 2.20.